The van der Waals surface area contributed by atoms with Crippen molar-refractivity contribution < 1.29 is 38.4 Å². The number of H-pyrrole nitrogens is 1. The number of carbonyl (C=O) groups is 2. The number of fused-ring (bicyclic) bond motifs is 2. The minimum absolute atomic E-state index is 0.0985. The standard InChI is InChI=1S/C25H39N7O9/c1-8-10-31-14-17(28-20(26)29-18(14)33)32(22(31)35)19-16-15(39-25(5,6)40-16)13(38-19)12-37-23(36)30(7)11-9-27-21(34)41-24(2,3)4/h8,13,15-16,19,22,35H,1,9-12H2,2-7H3,(H,27,34)(H3,26,28,29,33). The van der Waals surface area contributed by atoms with Gasteiger partial charge in [0.25, 0.3) is 5.56 Å². The van der Waals surface area contributed by atoms with Gasteiger partial charge in [0.15, 0.2) is 23.5 Å². The van der Waals surface area contributed by atoms with Crippen molar-refractivity contribution in [2.24, 2.45) is 0 Å². The predicted octanol–water partition coefficient (Wildman–Crippen LogP) is 0.279. The van der Waals surface area contributed by atoms with Crippen LogP contribution in [0.15, 0.2) is 17.4 Å². The molecular weight excluding hydrogens is 542 g/mol. The summed E-state index contributed by atoms with van der Waals surface area (Å²) in [5.74, 6) is -1.04. The number of carbonyl (C=O) groups excluding carboxylic acids is 2. The summed E-state index contributed by atoms with van der Waals surface area (Å²) in [6.45, 7) is 12.7. The molecule has 228 valence electrons. The minimum Gasteiger partial charge on any atom is -0.447 e. The van der Waals surface area contributed by atoms with Crippen LogP contribution in [0.1, 0.15) is 34.6 Å². The maximum absolute atomic E-state index is 12.8. The van der Waals surface area contributed by atoms with Crippen LogP contribution in [-0.2, 0) is 23.7 Å². The summed E-state index contributed by atoms with van der Waals surface area (Å²) in [6, 6.07) is 0. The fourth-order valence-electron chi connectivity index (χ4n) is 4.87. The van der Waals surface area contributed by atoms with E-state index in [-0.39, 0.29) is 43.7 Å². The van der Waals surface area contributed by atoms with E-state index in [9.17, 15) is 19.5 Å². The molecule has 16 nitrogen and oxygen atoms in total. The lowest BCUT2D eigenvalue weighted by molar-refractivity contribution is -0.192. The molecule has 5 atom stereocenters. The molecule has 0 radical (unpaired) electrons. The second kappa shape index (κ2) is 11.3. The van der Waals surface area contributed by atoms with Gasteiger partial charge in [-0.15, -0.1) is 6.58 Å². The molecule has 3 aliphatic heterocycles. The molecule has 4 rings (SSSR count). The van der Waals surface area contributed by atoms with Gasteiger partial charge in [-0.3, -0.25) is 14.7 Å². The number of hydrogen-bond donors (Lipinski definition) is 4. The van der Waals surface area contributed by atoms with Gasteiger partial charge in [0.1, 0.15) is 30.5 Å². The van der Waals surface area contributed by atoms with E-state index in [1.54, 1.807) is 34.6 Å². The highest BCUT2D eigenvalue weighted by molar-refractivity contribution is 5.74. The fourth-order valence-corrected chi connectivity index (χ4v) is 4.87. The number of nitrogens with zero attached hydrogens (tertiary/aromatic N) is 4. The number of ether oxygens (including phenoxy) is 5. The van der Waals surface area contributed by atoms with Gasteiger partial charge >= 0.3 is 12.2 Å². The highest BCUT2D eigenvalue weighted by Gasteiger charge is 2.60. The predicted molar refractivity (Wildman–Crippen MR) is 146 cm³/mol. The van der Waals surface area contributed by atoms with Crippen molar-refractivity contribution in [1.82, 2.24) is 20.2 Å². The molecule has 0 bridgehead atoms. The summed E-state index contributed by atoms with van der Waals surface area (Å²) < 4.78 is 29.1. The average Bonchev–Trinajstić information content (AvgIpc) is 3.42. The zero-order chi connectivity index (χ0) is 30.3. The number of aliphatic hydroxyl groups excluding tert-OH is 1. The van der Waals surface area contributed by atoms with Crippen molar-refractivity contribution in [1.29, 1.82) is 0 Å². The lowest BCUT2D eigenvalue weighted by Crippen LogP contribution is -2.53. The largest absolute Gasteiger partial charge is 0.447 e. The molecule has 0 aromatic carbocycles. The zero-order valence-corrected chi connectivity index (χ0v) is 24.1. The molecule has 5 N–H and O–H groups in total. The summed E-state index contributed by atoms with van der Waals surface area (Å²) in [7, 11) is 1.53. The number of amides is 2. The Morgan fingerprint density at radius 3 is 2.66 bits per heavy atom. The first-order valence-electron chi connectivity index (χ1n) is 13.2. The number of nitrogens with one attached hydrogen (secondary N) is 2. The van der Waals surface area contributed by atoms with Gasteiger partial charge in [0, 0.05) is 26.7 Å². The molecule has 1 aromatic rings. The van der Waals surface area contributed by atoms with Crippen LogP contribution >= 0.6 is 0 Å². The second-order valence-electron chi connectivity index (χ2n) is 11.4. The maximum Gasteiger partial charge on any atom is 0.409 e. The Kier molecular flexibility index (Phi) is 8.40. The number of aliphatic hydroxyl groups is 1. The topological polar surface area (TPSA) is 194 Å². The molecule has 2 saturated heterocycles. The molecule has 3 aliphatic rings. The van der Waals surface area contributed by atoms with Crippen LogP contribution in [0.4, 0.5) is 27.0 Å². The Balaban J connectivity index is 1.44. The molecule has 0 saturated carbocycles. The van der Waals surface area contributed by atoms with Crippen molar-refractivity contribution in [3.05, 3.63) is 23.0 Å². The SMILES string of the molecule is C=CCN1c2c(nc(N)[nH]c2=O)N(C2OC(COC(=O)N(C)CCNC(=O)OC(C)(C)C)C3OC(C)(C)OC32)C1O. The van der Waals surface area contributed by atoms with Gasteiger partial charge in [-0.1, -0.05) is 6.08 Å². The van der Waals surface area contributed by atoms with Gasteiger partial charge in [-0.25, -0.2) is 9.59 Å². The van der Waals surface area contributed by atoms with Crippen molar-refractivity contribution >= 4 is 29.6 Å². The Bertz CT molecular complexity index is 1220. The van der Waals surface area contributed by atoms with Gasteiger partial charge < -0.3 is 49.6 Å². The molecule has 4 heterocycles. The molecule has 2 amide bonds. The van der Waals surface area contributed by atoms with E-state index in [4.69, 9.17) is 29.4 Å². The van der Waals surface area contributed by atoms with Crippen LogP contribution in [-0.4, -0.2) is 108 Å². The van der Waals surface area contributed by atoms with E-state index in [0.717, 1.165) is 0 Å². The minimum atomic E-state index is -1.36. The Morgan fingerprint density at radius 1 is 1.32 bits per heavy atom. The average molecular weight is 582 g/mol. The van der Waals surface area contributed by atoms with Crippen LogP contribution in [0, 0.1) is 0 Å². The summed E-state index contributed by atoms with van der Waals surface area (Å²) in [4.78, 5) is 48.1. The summed E-state index contributed by atoms with van der Waals surface area (Å²) >= 11 is 0. The van der Waals surface area contributed by atoms with Crippen molar-refractivity contribution in [3.63, 3.8) is 0 Å². The molecule has 0 spiro atoms. The van der Waals surface area contributed by atoms with Crippen molar-refractivity contribution in [3.8, 4) is 0 Å². The van der Waals surface area contributed by atoms with Crippen LogP contribution in [0.5, 0.6) is 0 Å². The molecular formula is C25H39N7O9. The van der Waals surface area contributed by atoms with Gasteiger partial charge in [-0.05, 0) is 34.6 Å². The third-order valence-electron chi connectivity index (χ3n) is 6.48. The number of aromatic amines is 1. The van der Waals surface area contributed by atoms with Gasteiger partial charge in [0.05, 0.1) is 0 Å². The Labute approximate surface area is 237 Å². The van der Waals surface area contributed by atoms with Crippen LogP contribution in [0.25, 0.3) is 0 Å². The molecule has 41 heavy (non-hydrogen) atoms. The van der Waals surface area contributed by atoms with E-state index >= 15 is 0 Å². The summed E-state index contributed by atoms with van der Waals surface area (Å²) in [5.41, 5.74) is 4.74. The van der Waals surface area contributed by atoms with Crippen LogP contribution in [0.2, 0.25) is 0 Å². The Morgan fingerprint density at radius 2 is 2.00 bits per heavy atom. The summed E-state index contributed by atoms with van der Waals surface area (Å²) in [5, 5.41) is 13.8. The van der Waals surface area contributed by atoms with E-state index in [1.165, 1.54) is 27.8 Å². The van der Waals surface area contributed by atoms with Crippen molar-refractivity contribution in [2.45, 2.75) is 76.9 Å². The number of anilines is 3. The van der Waals surface area contributed by atoms with Gasteiger partial charge in [0.2, 0.25) is 12.3 Å². The van der Waals surface area contributed by atoms with Crippen molar-refractivity contribution in [2.75, 3.05) is 48.8 Å². The number of aromatic nitrogens is 2. The number of hydrogen-bond acceptors (Lipinski definition) is 13. The normalized spacial score (nSPS) is 26.4. The first kappa shape index (κ1) is 30.4. The fraction of sp³-hybridized carbons (Fsp3) is 0.680. The molecule has 1 aromatic heterocycles. The lowest BCUT2D eigenvalue weighted by Gasteiger charge is -2.34. The van der Waals surface area contributed by atoms with E-state index in [0.29, 0.717) is 0 Å². The number of likely N-dealkylation sites (N-methyl/N-ethyl adjacent to an activating group) is 1. The lowest BCUT2D eigenvalue weighted by atomic mass is 10.1. The van der Waals surface area contributed by atoms with Crippen LogP contribution in [0.3, 0.4) is 0 Å². The molecule has 16 heteroatoms. The van der Waals surface area contributed by atoms with Gasteiger partial charge in [-0.2, -0.15) is 4.98 Å². The van der Waals surface area contributed by atoms with Crippen LogP contribution < -0.4 is 26.4 Å². The number of rotatable bonds is 8. The molecule has 2 fully saturated rings. The third kappa shape index (κ3) is 6.50. The van der Waals surface area contributed by atoms with E-state index < -0.39 is 60.0 Å². The van der Waals surface area contributed by atoms with E-state index in [2.05, 4.69) is 21.9 Å². The zero-order valence-electron chi connectivity index (χ0n) is 24.1. The molecule has 0 aliphatic carbocycles. The monoisotopic (exact) mass is 581 g/mol. The third-order valence-corrected chi connectivity index (χ3v) is 6.48. The smallest absolute Gasteiger partial charge is 0.409 e. The first-order chi connectivity index (χ1) is 19.1. The highest BCUT2D eigenvalue weighted by atomic mass is 16.8. The number of nitrogen functional groups attached to an aromatic ring is 1. The first-order valence-corrected chi connectivity index (χ1v) is 13.2. The second-order valence-corrected chi connectivity index (χ2v) is 11.4. The van der Waals surface area contributed by atoms with E-state index in [1.807, 2.05) is 0 Å². The molecule has 5 unspecified atom stereocenters. The highest BCUT2D eigenvalue weighted by Crippen LogP contribution is 2.45. The summed E-state index contributed by atoms with van der Waals surface area (Å²) in [6.07, 6.45) is -4.24. The quantitative estimate of drug-likeness (QED) is 0.306. The number of alkyl carbamates (subject to hydrolysis) is 1. The Hall–Kier alpha value is -3.60. The maximum atomic E-state index is 12.8. The number of nitrogens with two attached hydrogens (primary N) is 1.